The summed E-state index contributed by atoms with van der Waals surface area (Å²) in [4.78, 5) is 36.3. The normalized spacial score (nSPS) is 12.7. The Bertz CT molecular complexity index is 1100. The molecule has 0 saturated heterocycles. The highest BCUT2D eigenvalue weighted by Gasteiger charge is 2.23. The van der Waals surface area contributed by atoms with E-state index in [1.807, 2.05) is 0 Å². The Morgan fingerprint density at radius 3 is 2.23 bits per heavy atom. The topological polar surface area (TPSA) is 118 Å². The van der Waals surface area contributed by atoms with Crippen molar-refractivity contribution in [1.29, 1.82) is 0 Å². The first-order chi connectivity index (χ1) is 15.0. The van der Waals surface area contributed by atoms with Crippen LogP contribution < -0.4 is 20.7 Å². The van der Waals surface area contributed by atoms with Crippen LogP contribution in [0, 0.1) is 0 Å². The van der Waals surface area contributed by atoms with E-state index in [4.69, 9.17) is 4.74 Å². The van der Waals surface area contributed by atoms with Gasteiger partial charge in [-0.2, -0.15) is 15.0 Å². The van der Waals surface area contributed by atoms with Crippen molar-refractivity contribution in [1.82, 2.24) is 20.3 Å². The number of ether oxygens (including phenoxy) is 1. The van der Waals surface area contributed by atoms with Gasteiger partial charge in [-0.05, 0) is 49.2 Å². The van der Waals surface area contributed by atoms with Crippen LogP contribution in [0.2, 0.25) is 0 Å². The predicted octanol–water partition coefficient (Wildman–Crippen LogP) is 3.14. The molecule has 3 aromatic rings. The fourth-order valence-electron chi connectivity index (χ4n) is 2.87. The Labute approximate surface area is 179 Å². The van der Waals surface area contributed by atoms with Gasteiger partial charge >= 0.3 is 6.01 Å². The van der Waals surface area contributed by atoms with E-state index in [9.17, 15) is 9.59 Å². The van der Waals surface area contributed by atoms with E-state index in [0.29, 0.717) is 29.1 Å². The number of hydrogen-bond acceptors (Lipinski definition) is 7. The van der Waals surface area contributed by atoms with Gasteiger partial charge in [-0.25, -0.2) is 0 Å². The fourth-order valence-corrected chi connectivity index (χ4v) is 2.87. The molecule has 1 fully saturated rings. The monoisotopic (exact) mass is 418 g/mol. The van der Waals surface area contributed by atoms with Crippen molar-refractivity contribution >= 4 is 29.1 Å². The number of anilines is 3. The van der Waals surface area contributed by atoms with Crippen LogP contribution in [0.5, 0.6) is 6.01 Å². The van der Waals surface area contributed by atoms with Crippen molar-refractivity contribution in [2.24, 2.45) is 0 Å². The molecule has 4 rings (SSSR count). The van der Waals surface area contributed by atoms with Gasteiger partial charge < -0.3 is 20.7 Å². The molecule has 158 valence electrons. The fraction of sp³-hybridized carbons (Fsp3) is 0.227. The van der Waals surface area contributed by atoms with Gasteiger partial charge in [-0.1, -0.05) is 12.1 Å². The number of hydrogen-bond donors (Lipinski definition) is 3. The zero-order valence-electron chi connectivity index (χ0n) is 17.2. The number of carbonyl (C=O) groups is 2. The molecule has 31 heavy (non-hydrogen) atoms. The Kier molecular flexibility index (Phi) is 5.74. The van der Waals surface area contributed by atoms with Crippen molar-refractivity contribution < 1.29 is 14.3 Å². The van der Waals surface area contributed by atoms with Crippen molar-refractivity contribution in [3.8, 4) is 17.4 Å². The SMILES string of the molecule is COc1nc(Nc2ccc(NC(C)=O)cc2)nc(-c2ccc(C(=O)NC3CC3)cc2)n1. The van der Waals surface area contributed by atoms with Crippen molar-refractivity contribution in [3.05, 3.63) is 54.1 Å². The maximum atomic E-state index is 12.2. The maximum absolute atomic E-state index is 12.2. The minimum atomic E-state index is -0.136. The van der Waals surface area contributed by atoms with Crippen LogP contribution >= 0.6 is 0 Å². The first-order valence-corrected chi connectivity index (χ1v) is 9.86. The Morgan fingerprint density at radius 2 is 1.61 bits per heavy atom. The molecule has 0 aliphatic heterocycles. The number of benzene rings is 2. The van der Waals surface area contributed by atoms with E-state index in [1.165, 1.54) is 14.0 Å². The highest BCUT2D eigenvalue weighted by Crippen LogP contribution is 2.23. The number of rotatable bonds is 7. The van der Waals surface area contributed by atoms with Crippen molar-refractivity contribution in [3.63, 3.8) is 0 Å². The molecule has 1 saturated carbocycles. The van der Waals surface area contributed by atoms with Gasteiger partial charge in [0.1, 0.15) is 0 Å². The molecule has 1 aliphatic rings. The summed E-state index contributed by atoms with van der Waals surface area (Å²) in [5, 5.41) is 8.79. The lowest BCUT2D eigenvalue weighted by Gasteiger charge is -2.10. The lowest BCUT2D eigenvalue weighted by atomic mass is 10.1. The van der Waals surface area contributed by atoms with Gasteiger partial charge in [0.25, 0.3) is 5.91 Å². The number of amides is 2. The van der Waals surface area contributed by atoms with Crippen LogP contribution in [0.15, 0.2) is 48.5 Å². The molecule has 0 unspecified atom stereocenters. The van der Waals surface area contributed by atoms with Crippen LogP contribution in [0.1, 0.15) is 30.1 Å². The molecule has 0 bridgehead atoms. The third-order valence-electron chi connectivity index (χ3n) is 4.58. The summed E-state index contributed by atoms with van der Waals surface area (Å²) in [6.07, 6.45) is 2.08. The third kappa shape index (κ3) is 5.33. The molecule has 0 spiro atoms. The Balaban J connectivity index is 1.53. The second-order valence-corrected chi connectivity index (χ2v) is 7.18. The quantitative estimate of drug-likeness (QED) is 0.539. The second kappa shape index (κ2) is 8.78. The van der Waals surface area contributed by atoms with Crippen LogP contribution in [-0.4, -0.2) is 39.9 Å². The van der Waals surface area contributed by atoms with E-state index in [1.54, 1.807) is 48.5 Å². The highest BCUT2D eigenvalue weighted by atomic mass is 16.5. The van der Waals surface area contributed by atoms with Crippen LogP contribution in [0.25, 0.3) is 11.4 Å². The molecule has 3 N–H and O–H groups in total. The lowest BCUT2D eigenvalue weighted by Crippen LogP contribution is -2.25. The Hall–Kier alpha value is -4.01. The van der Waals surface area contributed by atoms with E-state index in [0.717, 1.165) is 24.1 Å². The minimum absolute atomic E-state index is 0.0765. The van der Waals surface area contributed by atoms with Gasteiger partial charge in [0.15, 0.2) is 5.82 Å². The maximum Gasteiger partial charge on any atom is 0.321 e. The Morgan fingerprint density at radius 1 is 0.935 bits per heavy atom. The third-order valence-corrected chi connectivity index (χ3v) is 4.58. The smallest absolute Gasteiger partial charge is 0.321 e. The summed E-state index contributed by atoms with van der Waals surface area (Å²) < 4.78 is 5.22. The summed E-state index contributed by atoms with van der Waals surface area (Å²) in [6, 6.07) is 14.7. The number of nitrogens with one attached hydrogen (secondary N) is 3. The van der Waals surface area contributed by atoms with Crippen LogP contribution in [0.4, 0.5) is 17.3 Å². The van der Waals surface area contributed by atoms with Crippen molar-refractivity contribution in [2.45, 2.75) is 25.8 Å². The molecule has 9 heteroatoms. The molecule has 1 aromatic heterocycles. The summed E-state index contributed by atoms with van der Waals surface area (Å²) in [7, 11) is 1.48. The molecule has 2 aromatic carbocycles. The molecular weight excluding hydrogens is 396 g/mol. The van der Waals surface area contributed by atoms with Gasteiger partial charge in [-0.15, -0.1) is 0 Å². The van der Waals surface area contributed by atoms with Crippen LogP contribution in [0.3, 0.4) is 0 Å². The van der Waals surface area contributed by atoms with E-state index < -0.39 is 0 Å². The summed E-state index contributed by atoms with van der Waals surface area (Å²) in [5.41, 5.74) is 2.75. The first-order valence-electron chi connectivity index (χ1n) is 9.86. The molecule has 9 nitrogen and oxygen atoms in total. The molecule has 1 aliphatic carbocycles. The molecule has 0 radical (unpaired) electrons. The zero-order valence-corrected chi connectivity index (χ0v) is 17.2. The number of methoxy groups -OCH3 is 1. The number of aromatic nitrogens is 3. The van der Waals surface area contributed by atoms with Gasteiger partial charge in [0, 0.05) is 35.5 Å². The standard InChI is InChI=1S/C22H22N6O3/c1-13(29)23-16-7-11-18(12-8-16)25-21-26-19(27-22(28-21)31-2)14-3-5-15(6-4-14)20(30)24-17-9-10-17/h3-8,11-12,17H,9-10H2,1-2H3,(H,23,29)(H,24,30)(H,25,26,27,28). The predicted molar refractivity (Wildman–Crippen MR) is 116 cm³/mol. The lowest BCUT2D eigenvalue weighted by molar-refractivity contribution is -0.114. The molecule has 0 atom stereocenters. The minimum Gasteiger partial charge on any atom is -0.467 e. The molecular formula is C22H22N6O3. The highest BCUT2D eigenvalue weighted by molar-refractivity contribution is 5.95. The van der Waals surface area contributed by atoms with E-state index in [-0.39, 0.29) is 17.8 Å². The average Bonchev–Trinajstić information content (AvgIpc) is 3.58. The van der Waals surface area contributed by atoms with Crippen molar-refractivity contribution in [2.75, 3.05) is 17.7 Å². The van der Waals surface area contributed by atoms with Gasteiger partial charge in [-0.3, -0.25) is 9.59 Å². The van der Waals surface area contributed by atoms with E-state index >= 15 is 0 Å². The summed E-state index contributed by atoms with van der Waals surface area (Å²) in [5.74, 6) is 0.513. The second-order valence-electron chi connectivity index (χ2n) is 7.18. The number of carbonyl (C=O) groups excluding carboxylic acids is 2. The number of nitrogens with zero attached hydrogens (tertiary/aromatic N) is 3. The zero-order chi connectivity index (χ0) is 21.8. The first kappa shape index (κ1) is 20.3. The largest absolute Gasteiger partial charge is 0.467 e. The molecule has 1 heterocycles. The van der Waals surface area contributed by atoms with Gasteiger partial charge in [0.05, 0.1) is 7.11 Å². The molecule has 2 amide bonds. The van der Waals surface area contributed by atoms with E-state index in [2.05, 4.69) is 30.9 Å². The summed E-state index contributed by atoms with van der Waals surface area (Å²) >= 11 is 0. The van der Waals surface area contributed by atoms with Gasteiger partial charge in [0.2, 0.25) is 11.9 Å². The summed E-state index contributed by atoms with van der Waals surface area (Å²) in [6.45, 7) is 1.46. The van der Waals surface area contributed by atoms with Crippen LogP contribution in [-0.2, 0) is 4.79 Å². The average molecular weight is 418 g/mol.